The number of methoxy groups -OCH3 is 1. The first-order valence-corrected chi connectivity index (χ1v) is 5.40. The second-order valence-electron chi connectivity index (χ2n) is 3.41. The molecule has 0 aromatic rings. The van der Waals surface area contributed by atoms with Crippen LogP contribution in [0.1, 0.15) is 19.8 Å². The molecule has 6 heteroatoms. The Hall–Kier alpha value is -1.14. The Bertz CT molecular complexity index is 221. The van der Waals surface area contributed by atoms with Gasteiger partial charge >= 0.3 is 0 Å². The molecular weight excluding hydrogens is 210 g/mol. The van der Waals surface area contributed by atoms with Gasteiger partial charge in [0.1, 0.15) is 0 Å². The maximum Gasteiger partial charge on any atom is 0.239 e. The van der Waals surface area contributed by atoms with Crippen molar-refractivity contribution >= 4 is 11.8 Å². The predicted molar refractivity (Wildman–Crippen MR) is 60.8 cm³/mol. The molecule has 0 aliphatic heterocycles. The zero-order valence-corrected chi connectivity index (χ0v) is 9.91. The number of nitrogens with one attached hydrogen (secondary N) is 2. The maximum atomic E-state index is 11.4. The summed E-state index contributed by atoms with van der Waals surface area (Å²) >= 11 is 0. The van der Waals surface area contributed by atoms with E-state index in [1.807, 2.05) is 6.92 Å². The smallest absolute Gasteiger partial charge is 0.239 e. The first-order chi connectivity index (χ1) is 7.61. The van der Waals surface area contributed by atoms with Crippen molar-refractivity contribution in [2.24, 2.45) is 5.73 Å². The Morgan fingerprint density at radius 3 is 2.62 bits per heavy atom. The first kappa shape index (κ1) is 14.9. The first-order valence-electron chi connectivity index (χ1n) is 5.40. The summed E-state index contributed by atoms with van der Waals surface area (Å²) in [5, 5.41) is 5.05. The molecule has 2 amide bonds. The minimum absolute atomic E-state index is 0.0232. The molecule has 0 fully saturated rings. The minimum Gasteiger partial charge on any atom is -0.385 e. The molecule has 0 heterocycles. The van der Waals surface area contributed by atoms with Gasteiger partial charge in [-0.2, -0.15) is 0 Å². The summed E-state index contributed by atoms with van der Waals surface area (Å²) in [6.07, 6.45) is 1.28. The highest BCUT2D eigenvalue weighted by atomic mass is 16.5. The summed E-state index contributed by atoms with van der Waals surface area (Å²) in [6, 6.07) is -0.579. The Balaban J connectivity index is 3.66. The van der Waals surface area contributed by atoms with E-state index < -0.39 is 6.04 Å². The molecule has 0 aromatic heterocycles. The molecule has 6 nitrogen and oxygen atoms in total. The molecule has 0 bridgehead atoms. The van der Waals surface area contributed by atoms with Crippen LogP contribution in [0.3, 0.4) is 0 Å². The van der Waals surface area contributed by atoms with Crippen LogP contribution in [0.4, 0.5) is 0 Å². The van der Waals surface area contributed by atoms with Gasteiger partial charge in [-0.1, -0.05) is 0 Å². The number of hydrogen-bond donors (Lipinski definition) is 3. The number of likely N-dealkylation sites (N-methyl/N-ethyl adjacent to an activating group) is 1. The number of carbonyl (C=O) groups is 2. The van der Waals surface area contributed by atoms with Crippen LogP contribution in [0, 0.1) is 0 Å². The van der Waals surface area contributed by atoms with Gasteiger partial charge in [-0.05, 0) is 19.8 Å². The lowest BCUT2D eigenvalue weighted by Crippen LogP contribution is -2.44. The topological polar surface area (TPSA) is 93.5 Å². The number of hydrogen-bond acceptors (Lipinski definition) is 4. The lowest BCUT2D eigenvalue weighted by atomic mass is 10.1. The monoisotopic (exact) mass is 231 g/mol. The van der Waals surface area contributed by atoms with Crippen molar-refractivity contribution in [2.75, 3.05) is 26.8 Å². The number of ether oxygens (including phenoxy) is 1. The summed E-state index contributed by atoms with van der Waals surface area (Å²) in [6.45, 7) is 2.92. The summed E-state index contributed by atoms with van der Waals surface area (Å²) in [7, 11) is 1.60. The quantitative estimate of drug-likeness (QED) is 0.467. The van der Waals surface area contributed by atoms with Crippen molar-refractivity contribution in [3.05, 3.63) is 0 Å². The standard InChI is InChI=1S/C10H21N3O3/c1-3-12-9(14)7-13-10(15)8(11)5-4-6-16-2/h8H,3-7,11H2,1-2H3,(H,12,14)(H,13,15). The van der Waals surface area contributed by atoms with Gasteiger partial charge in [0.25, 0.3) is 0 Å². The third kappa shape index (κ3) is 7.19. The summed E-state index contributed by atoms with van der Waals surface area (Å²) in [5.41, 5.74) is 5.62. The number of nitrogens with two attached hydrogens (primary N) is 1. The Morgan fingerprint density at radius 2 is 2.06 bits per heavy atom. The van der Waals surface area contributed by atoms with Crippen molar-refractivity contribution in [1.29, 1.82) is 0 Å². The van der Waals surface area contributed by atoms with E-state index in [9.17, 15) is 9.59 Å². The highest BCUT2D eigenvalue weighted by molar-refractivity contribution is 5.87. The third-order valence-electron chi connectivity index (χ3n) is 2.00. The van der Waals surface area contributed by atoms with Crippen molar-refractivity contribution in [2.45, 2.75) is 25.8 Å². The average molecular weight is 231 g/mol. The van der Waals surface area contributed by atoms with E-state index in [0.29, 0.717) is 19.6 Å². The molecule has 0 spiro atoms. The van der Waals surface area contributed by atoms with Crippen molar-refractivity contribution in [3.63, 3.8) is 0 Å². The molecule has 1 atom stereocenters. The van der Waals surface area contributed by atoms with Gasteiger partial charge in [0.05, 0.1) is 12.6 Å². The third-order valence-corrected chi connectivity index (χ3v) is 2.00. The fourth-order valence-corrected chi connectivity index (χ4v) is 1.14. The minimum atomic E-state index is -0.579. The number of amides is 2. The summed E-state index contributed by atoms with van der Waals surface area (Å²) in [4.78, 5) is 22.4. The molecule has 16 heavy (non-hydrogen) atoms. The molecule has 0 aliphatic rings. The normalized spacial score (nSPS) is 11.9. The van der Waals surface area contributed by atoms with Gasteiger partial charge in [-0.3, -0.25) is 9.59 Å². The van der Waals surface area contributed by atoms with Crippen LogP contribution in [0.5, 0.6) is 0 Å². The van der Waals surface area contributed by atoms with Crippen LogP contribution >= 0.6 is 0 Å². The van der Waals surface area contributed by atoms with E-state index >= 15 is 0 Å². The molecule has 1 unspecified atom stereocenters. The predicted octanol–water partition coefficient (Wildman–Crippen LogP) is -1.01. The molecule has 4 N–H and O–H groups in total. The van der Waals surface area contributed by atoms with Gasteiger partial charge in [-0.25, -0.2) is 0 Å². The Morgan fingerprint density at radius 1 is 1.38 bits per heavy atom. The molecule has 0 aliphatic carbocycles. The fourth-order valence-electron chi connectivity index (χ4n) is 1.14. The van der Waals surface area contributed by atoms with Gasteiger partial charge in [-0.15, -0.1) is 0 Å². The molecule has 0 aromatic carbocycles. The average Bonchev–Trinajstić information content (AvgIpc) is 2.26. The lowest BCUT2D eigenvalue weighted by Gasteiger charge is -2.11. The highest BCUT2D eigenvalue weighted by Gasteiger charge is 2.13. The van der Waals surface area contributed by atoms with Crippen LogP contribution in [0.25, 0.3) is 0 Å². The largest absolute Gasteiger partial charge is 0.385 e. The molecule has 0 saturated carbocycles. The van der Waals surface area contributed by atoms with Gasteiger partial charge < -0.3 is 21.1 Å². The van der Waals surface area contributed by atoms with E-state index in [1.54, 1.807) is 7.11 Å². The van der Waals surface area contributed by atoms with E-state index in [1.165, 1.54) is 0 Å². The summed E-state index contributed by atoms with van der Waals surface area (Å²) in [5.74, 6) is -0.512. The second-order valence-corrected chi connectivity index (χ2v) is 3.41. The van der Waals surface area contributed by atoms with Gasteiger partial charge in [0.15, 0.2) is 0 Å². The van der Waals surface area contributed by atoms with E-state index in [2.05, 4.69) is 10.6 Å². The van der Waals surface area contributed by atoms with Gasteiger partial charge in [0.2, 0.25) is 11.8 Å². The van der Waals surface area contributed by atoms with Gasteiger partial charge in [0, 0.05) is 20.3 Å². The molecule has 0 saturated heterocycles. The number of carbonyl (C=O) groups excluding carboxylic acids is 2. The Labute approximate surface area is 95.9 Å². The fraction of sp³-hybridized carbons (Fsp3) is 0.800. The van der Waals surface area contributed by atoms with Crippen LogP contribution < -0.4 is 16.4 Å². The van der Waals surface area contributed by atoms with Crippen LogP contribution in [-0.4, -0.2) is 44.7 Å². The highest BCUT2D eigenvalue weighted by Crippen LogP contribution is 1.94. The molecular formula is C10H21N3O3. The second kappa shape index (κ2) is 9.11. The number of rotatable bonds is 8. The van der Waals surface area contributed by atoms with Crippen LogP contribution in [-0.2, 0) is 14.3 Å². The lowest BCUT2D eigenvalue weighted by molar-refractivity contribution is -0.126. The SMILES string of the molecule is CCNC(=O)CNC(=O)C(N)CCCOC. The van der Waals surface area contributed by atoms with Crippen molar-refractivity contribution in [3.8, 4) is 0 Å². The van der Waals surface area contributed by atoms with Crippen molar-refractivity contribution < 1.29 is 14.3 Å². The van der Waals surface area contributed by atoms with Crippen molar-refractivity contribution in [1.82, 2.24) is 10.6 Å². The summed E-state index contributed by atoms with van der Waals surface area (Å²) < 4.78 is 4.85. The van der Waals surface area contributed by atoms with E-state index in [-0.39, 0.29) is 18.4 Å². The van der Waals surface area contributed by atoms with Crippen LogP contribution in [0.2, 0.25) is 0 Å². The molecule has 0 radical (unpaired) electrons. The Kier molecular flexibility index (Phi) is 8.46. The maximum absolute atomic E-state index is 11.4. The van der Waals surface area contributed by atoms with Crippen LogP contribution in [0.15, 0.2) is 0 Å². The van der Waals surface area contributed by atoms with E-state index in [0.717, 1.165) is 6.42 Å². The molecule has 0 rings (SSSR count). The zero-order valence-electron chi connectivity index (χ0n) is 9.91. The zero-order chi connectivity index (χ0) is 12.4. The molecule has 94 valence electrons. The van der Waals surface area contributed by atoms with E-state index in [4.69, 9.17) is 10.5 Å².